The van der Waals surface area contributed by atoms with Crippen molar-refractivity contribution in [2.45, 2.75) is 18.6 Å². The minimum atomic E-state index is -0.131. The van der Waals surface area contributed by atoms with E-state index in [9.17, 15) is 4.79 Å². The molecule has 0 spiro atoms. The van der Waals surface area contributed by atoms with Gasteiger partial charge in [-0.1, -0.05) is 70.9 Å². The predicted octanol–water partition coefficient (Wildman–Crippen LogP) is 5.69. The van der Waals surface area contributed by atoms with Crippen molar-refractivity contribution >= 4 is 40.9 Å². The summed E-state index contributed by atoms with van der Waals surface area (Å²) in [5.74, 6) is 2.07. The molecule has 0 unspecified atom stereocenters. The Balaban J connectivity index is 1.33. The second-order valence-electron chi connectivity index (χ2n) is 7.86. The SMILES string of the molecule is Cc1ccc(-c2nnc(SCC(=O)NCc3ccc4c(c3)OCO4)n2-c2ccc(Cl)c(Cl)c2)cc1. The van der Waals surface area contributed by atoms with Gasteiger partial charge in [-0.15, -0.1) is 10.2 Å². The normalized spacial score (nSPS) is 12.1. The summed E-state index contributed by atoms with van der Waals surface area (Å²) in [6.07, 6.45) is 0. The molecule has 1 amide bonds. The van der Waals surface area contributed by atoms with E-state index in [1.807, 2.05) is 60.0 Å². The minimum absolute atomic E-state index is 0.131. The predicted molar refractivity (Wildman–Crippen MR) is 137 cm³/mol. The van der Waals surface area contributed by atoms with Crippen LogP contribution in [0.4, 0.5) is 0 Å². The minimum Gasteiger partial charge on any atom is -0.454 e. The van der Waals surface area contributed by atoms with E-state index in [1.165, 1.54) is 11.8 Å². The van der Waals surface area contributed by atoms with Gasteiger partial charge in [0.05, 0.1) is 21.5 Å². The molecule has 0 aliphatic carbocycles. The fraction of sp³-hybridized carbons (Fsp3) is 0.160. The molecule has 0 saturated heterocycles. The summed E-state index contributed by atoms with van der Waals surface area (Å²) >= 11 is 13.7. The zero-order chi connectivity index (χ0) is 24.4. The first-order chi connectivity index (χ1) is 17.0. The lowest BCUT2D eigenvalue weighted by Gasteiger charge is -2.12. The van der Waals surface area contributed by atoms with Gasteiger partial charge in [0, 0.05) is 12.1 Å². The Kier molecular flexibility index (Phi) is 6.86. The Morgan fingerprint density at radius 3 is 2.60 bits per heavy atom. The Morgan fingerprint density at radius 2 is 1.80 bits per heavy atom. The number of carbonyl (C=O) groups excluding carboxylic acids is 1. The van der Waals surface area contributed by atoms with Crippen molar-refractivity contribution in [3.63, 3.8) is 0 Å². The van der Waals surface area contributed by atoms with Crippen molar-refractivity contribution in [3.8, 4) is 28.6 Å². The van der Waals surface area contributed by atoms with E-state index in [1.54, 1.807) is 12.1 Å². The van der Waals surface area contributed by atoms with Gasteiger partial charge in [-0.25, -0.2) is 0 Å². The molecule has 2 heterocycles. The molecular formula is C25H20Cl2N4O3S. The lowest BCUT2D eigenvalue weighted by atomic mass is 10.1. The maximum atomic E-state index is 12.6. The second-order valence-corrected chi connectivity index (χ2v) is 9.62. The first-order valence-corrected chi connectivity index (χ1v) is 12.5. The van der Waals surface area contributed by atoms with Crippen LogP contribution in [0.25, 0.3) is 17.1 Å². The average molecular weight is 527 g/mol. The van der Waals surface area contributed by atoms with Gasteiger partial charge in [-0.2, -0.15) is 0 Å². The van der Waals surface area contributed by atoms with Crippen LogP contribution in [0.2, 0.25) is 10.0 Å². The summed E-state index contributed by atoms with van der Waals surface area (Å²) in [4.78, 5) is 12.6. The Hall–Kier alpha value is -3.20. The maximum Gasteiger partial charge on any atom is 0.231 e. The van der Waals surface area contributed by atoms with E-state index in [0.29, 0.717) is 39.1 Å². The number of amides is 1. The van der Waals surface area contributed by atoms with Crippen LogP contribution in [0.3, 0.4) is 0 Å². The van der Waals surface area contributed by atoms with Gasteiger partial charge in [0.1, 0.15) is 0 Å². The highest BCUT2D eigenvalue weighted by atomic mass is 35.5. The van der Waals surface area contributed by atoms with E-state index < -0.39 is 0 Å². The number of carbonyl (C=O) groups is 1. The lowest BCUT2D eigenvalue weighted by molar-refractivity contribution is -0.118. The van der Waals surface area contributed by atoms with Gasteiger partial charge in [0.15, 0.2) is 22.5 Å². The van der Waals surface area contributed by atoms with E-state index in [0.717, 1.165) is 22.4 Å². The quantitative estimate of drug-likeness (QED) is 0.312. The molecule has 0 atom stereocenters. The Labute approximate surface area is 216 Å². The summed E-state index contributed by atoms with van der Waals surface area (Å²) in [5.41, 5.74) is 3.72. The monoisotopic (exact) mass is 526 g/mol. The summed E-state index contributed by atoms with van der Waals surface area (Å²) in [7, 11) is 0. The van der Waals surface area contributed by atoms with Crippen molar-refractivity contribution in [2.24, 2.45) is 0 Å². The zero-order valence-corrected chi connectivity index (χ0v) is 21.0. The molecule has 0 fully saturated rings. The van der Waals surface area contributed by atoms with Crippen LogP contribution < -0.4 is 14.8 Å². The number of ether oxygens (including phenoxy) is 2. The first-order valence-electron chi connectivity index (χ1n) is 10.7. The second kappa shape index (κ2) is 10.2. The van der Waals surface area contributed by atoms with Gasteiger partial charge >= 0.3 is 0 Å². The summed E-state index contributed by atoms with van der Waals surface area (Å²) in [6, 6.07) is 18.9. The third kappa shape index (κ3) is 5.24. The summed E-state index contributed by atoms with van der Waals surface area (Å²) < 4.78 is 12.6. The number of fused-ring (bicyclic) bond motifs is 1. The average Bonchev–Trinajstić information content (AvgIpc) is 3.50. The standard InChI is InChI=1S/C25H20Cl2N4O3S/c1-15-2-5-17(6-3-15)24-29-30-25(31(24)18-7-8-19(26)20(27)11-18)35-13-23(32)28-12-16-4-9-21-22(10-16)34-14-33-21/h2-11H,12-14H2,1H3,(H,28,32). The molecule has 1 aromatic heterocycles. The van der Waals surface area contributed by atoms with Crippen LogP contribution in [0.1, 0.15) is 11.1 Å². The maximum absolute atomic E-state index is 12.6. The zero-order valence-electron chi connectivity index (χ0n) is 18.6. The van der Waals surface area contributed by atoms with Crippen LogP contribution in [-0.2, 0) is 11.3 Å². The van der Waals surface area contributed by atoms with Gasteiger partial charge in [-0.05, 0) is 42.8 Å². The van der Waals surface area contributed by atoms with Gasteiger partial charge in [0.25, 0.3) is 0 Å². The van der Waals surface area contributed by atoms with E-state index in [2.05, 4.69) is 15.5 Å². The Morgan fingerprint density at radius 1 is 1.00 bits per heavy atom. The third-order valence-electron chi connectivity index (χ3n) is 5.36. The molecule has 3 aromatic carbocycles. The highest BCUT2D eigenvalue weighted by Gasteiger charge is 2.19. The first kappa shape index (κ1) is 23.5. The number of rotatable bonds is 7. The molecule has 35 heavy (non-hydrogen) atoms. The molecule has 4 aromatic rings. The molecule has 0 radical (unpaired) electrons. The van der Waals surface area contributed by atoms with E-state index in [4.69, 9.17) is 32.7 Å². The number of hydrogen-bond acceptors (Lipinski definition) is 6. The molecule has 1 aliphatic rings. The van der Waals surface area contributed by atoms with Crippen LogP contribution in [0.5, 0.6) is 11.5 Å². The number of benzene rings is 3. The molecule has 10 heteroatoms. The number of halogens is 2. The van der Waals surface area contributed by atoms with Gasteiger partial charge in [0.2, 0.25) is 12.7 Å². The molecule has 1 aliphatic heterocycles. The number of nitrogens with one attached hydrogen (secondary N) is 1. The van der Waals surface area contributed by atoms with Crippen LogP contribution >= 0.6 is 35.0 Å². The largest absolute Gasteiger partial charge is 0.454 e. The number of thioether (sulfide) groups is 1. The number of hydrogen-bond donors (Lipinski definition) is 1. The van der Waals surface area contributed by atoms with Gasteiger partial charge < -0.3 is 14.8 Å². The lowest BCUT2D eigenvalue weighted by Crippen LogP contribution is -2.24. The molecule has 5 rings (SSSR count). The molecule has 0 bridgehead atoms. The number of aryl methyl sites for hydroxylation is 1. The smallest absolute Gasteiger partial charge is 0.231 e. The van der Waals surface area contributed by atoms with Gasteiger partial charge in [-0.3, -0.25) is 9.36 Å². The van der Waals surface area contributed by atoms with E-state index >= 15 is 0 Å². The van der Waals surface area contributed by atoms with Crippen molar-refractivity contribution in [1.29, 1.82) is 0 Å². The van der Waals surface area contributed by atoms with E-state index in [-0.39, 0.29) is 18.5 Å². The van der Waals surface area contributed by atoms with Crippen molar-refractivity contribution < 1.29 is 14.3 Å². The van der Waals surface area contributed by atoms with Crippen LogP contribution in [0.15, 0.2) is 65.8 Å². The van der Waals surface area contributed by atoms with Crippen molar-refractivity contribution in [1.82, 2.24) is 20.1 Å². The fourth-order valence-corrected chi connectivity index (χ4v) is 4.62. The van der Waals surface area contributed by atoms with Crippen LogP contribution in [-0.4, -0.2) is 33.2 Å². The highest BCUT2D eigenvalue weighted by molar-refractivity contribution is 7.99. The number of nitrogens with zero attached hydrogens (tertiary/aromatic N) is 3. The Bertz CT molecular complexity index is 1390. The fourth-order valence-electron chi connectivity index (χ4n) is 3.54. The molecule has 178 valence electrons. The molecular weight excluding hydrogens is 507 g/mol. The molecule has 0 saturated carbocycles. The topological polar surface area (TPSA) is 78.3 Å². The summed E-state index contributed by atoms with van der Waals surface area (Å²) in [6.45, 7) is 2.62. The molecule has 1 N–H and O–H groups in total. The van der Waals surface area contributed by atoms with Crippen molar-refractivity contribution in [2.75, 3.05) is 12.5 Å². The summed E-state index contributed by atoms with van der Waals surface area (Å²) in [5, 5.41) is 13.1. The third-order valence-corrected chi connectivity index (χ3v) is 7.03. The highest BCUT2D eigenvalue weighted by Crippen LogP contribution is 2.33. The van der Waals surface area contributed by atoms with Crippen molar-refractivity contribution in [3.05, 3.63) is 81.8 Å². The molecule has 7 nitrogen and oxygen atoms in total. The van der Waals surface area contributed by atoms with Crippen LogP contribution in [0, 0.1) is 6.92 Å². The number of aromatic nitrogens is 3.